The molecule has 0 fully saturated rings. The number of methoxy groups -OCH3 is 1. The average Bonchev–Trinajstić information content (AvgIpc) is 2.29. The van der Waals surface area contributed by atoms with Crippen LogP contribution in [0.1, 0.15) is 5.56 Å². The minimum absolute atomic E-state index is 0.460. The number of benzene rings is 1. The maximum atomic E-state index is 5.15. The van der Waals surface area contributed by atoms with E-state index in [9.17, 15) is 0 Å². The van der Waals surface area contributed by atoms with E-state index in [1.54, 1.807) is 7.11 Å². The molecule has 0 atom stereocenters. The number of hydrogen-bond donors (Lipinski definition) is 0. The van der Waals surface area contributed by atoms with Crippen LogP contribution in [0.5, 0.6) is 5.75 Å². The van der Waals surface area contributed by atoms with E-state index in [2.05, 4.69) is 49.8 Å². The molecule has 0 amide bonds. The molecule has 3 nitrogen and oxygen atoms in total. The summed E-state index contributed by atoms with van der Waals surface area (Å²) in [5, 5.41) is 1.11. The number of ether oxygens (including phenoxy) is 1. The first-order valence-corrected chi connectivity index (χ1v) is 7.58. The summed E-state index contributed by atoms with van der Waals surface area (Å²) in [6.07, 6.45) is 0. The molecule has 0 aliphatic heterocycles. The molecule has 94 valence electrons. The Morgan fingerprint density at radius 1 is 1.24 bits per heavy atom. The first kappa shape index (κ1) is 14.1. The van der Waals surface area contributed by atoms with E-state index in [1.807, 2.05) is 12.1 Å². The first-order valence-electron chi connectivity index (χ1n) is 5.52. The summed E-state index contributed by atoms with van der Waals surface area (Å²) >= 11 is 0.460. The van der Waals surface area contributed by atoms with E-state index >= 15 is 0 Å². The third-order valence-corrected chi connectivity index (χ3v) is 5.37. The molecule has 17 heavy (non-hydrogen) atoms. The van der Waals surface area contributed by atoms with Crippen LogP contribution >= 0.6 is 0 Å². The van der Waals surface area contributed by atoms with E-state index in [-0.39, 0.29) is 0 Å². The Morgan fingerprint density at radius 2 is 1.82 bits per heavy atom. The second kappa shape index (κ2) is 6.67. The molecule has 0 radical (unpaired) electrons. The van der Waals surface area contributed by atoms with Crippen LogP contribution in [-0.2, 0) is 5.32 Å². The van der Waals surface area contributed by atoms with E-state index in [0.717, 1.165) is 11.1 Å². The molecule has 0 bridgehead atoms. The van der Waals surface area contributed by atoms with Crippen molar-refractivity contribution >= 4 is 19.7 Å². The summed E-state index contributed by atoms with van der Waals surface area (Å²) in [4.78, 5) is 2.20. The quantitative estimate of drug-likeness (QED) is 0.358. The minimum atomic E-state index is 0.460. The van der Waals surface area contributed by atoms with Gasteiger partial charge in [-0.25, -0.2) is 0 Å². The van der Waals surface area contributed by atoms with Gasteiger partial charge in [0.2, 0.25) is 0 Å². The molecule has 0 aliphatic rings. The summed E-state index contributed by atoms with van der Waals surface area (Å²) in [5.41, 5.74) is 1.37. The van der Waals surface area contributed by atoms with Crippen LogP contribution in [0.15, 0.2) is 24.3 Å². The second-order valence-electron chi connectivity index (χ2n) is 4.21. The number of rotatable bonds is 4. The zero-order chi connectivity index (χ0) is 12.8. The number of hydrogen-bond acceptors (Lipinski definition) is 1. The monoisotopic (exact) mass is 301 g/mol. The van der Waals surface area contributed by atoms with Crippen molar-refractivity contribution in [2.24, 2.45) is 0 Å². The van der Waals surface area contributed by atoms with Crippen molar-refractivity contribution in [2.45, 2.75) is 5.32 Å². The molecule has 0 aliphatic carbocycles. The molecule has 0 unspecified atom stereocenters. The van der Waals surface area contributed by atoms with Gasteiger partial charge in [-0.2, -0.15) is 0 Å². The van der Waals surface area contributed by atoms with E-state index in [0.29, 0.717) is 15.0 Å². The van der Waals surface area contributed by atoms with Crippen molar-refractivity contribution < 1.29 is 9.31 Å². The third-order valence-electron chi connectivity index (χ3n) is 2.29. The summed E-state index contributed by atoms with van der Waals surface area (Å²) < 4.78 is 8.75. The maximum absolute atomic E-state index is 5.15. The second-order valence-corrected chi connectivity index (χ2v) is 6.19. The van der Waals surface area contributed by atoms with Crippen molar-refractivity contribution in [1.82, 2.24) is 4.90 Å². The van der Waals surface area contributed by atoms with Crippen LogP contribution in [-0.4, -0.2) is 64.5 Å². The Bertz CT molecular complexity index is 381. The zero-order valence-corrected chi connectivity index (χ0v) is 12.9. The molecule has 0 N–H and O–H groups in total. The normalized spacial score (nSPS) is 9.94. The van der Waals surface area contributed by atoms with Crippen LogP contribution in [0.3, 0.4) is 0 Å². The molecular weight excluding hydrogens is 279 g/mol. The first-order chi connectivity index (χ1) is 8.04. The van der Waals surface area contributed by atoms with Crippen LogP contribution in [0.2, 0.25) is 0 Å². The third kappa shape index (κ3) is 4.41. The Hall–Kier alpha value is -0.991. The molecule has 0 heterocycles. The van der Waals surface area contributed by atoms with E-state index in [4.69, 9.17) is 4.74 Å². The van der Waals surface area contributed by atoms with Crippen molar-refractivity contribution in [3.8, 4) is 5.75 Å². The predicted molar refractivity (Wildman–Crippen MR) is 73.3 cm³/mol. The van der Waals surface area contributed by atoms with Crippen molar-refractivity contribution in [3.63, 3.8) is 0 Å². The molecule has 4 heteroatoms. The molecule has 0 aromatic heterocycles. The van der Waals surface area contributed by atoms with Crippen molar-refractivity contribution in [2.75, 3.05) is 35.3 Å². The molecule has 0 spiro atoms. The standard InChI is InChI=1S/C13H21N2OSe/c1-14(2)13(15(3)4)17-10-11-6-8-12(16-5)9-7-11/h6-9H,10H2,1-5H3/q+1. The SMILES string of the molecule is COc1ccc(C[Se]C(N(C)C)=[N+](C)C)cc1. The van der Waals surface area contributed by atoms with Gasteiger partial charge in [-0.3, -0.25) is 0 Å². The average molecular weight is 300 g/mol. The predicted octanol–water partition coefficient (Wildman–Crippen LogP) is 1.09. The Morgan fingerprint density at radius 3 is 2.24 bits per heavy atom. The molecule has 0 saturated heterocycles. The fourth-order valence-electron chi connectivity index (χ4n) is 1.53. The molecule has 1 aromatic carbocycles. The van der Waals surface area contributed by atoms with Gasteiger partial charge in [0, 0.05) is 0 Å². The fraction of sp³-hybridized carbons (Fsp3) is 0.462. The zero-order valence-electron chi connectivity index (χ0n) is 11.2. The van der Waals surface area contributed by atoms with Crippen molar-refractivity contribution in [1.29, 1.82) is 0 Å². The molecule has 1 rings (SSSR count). The number of nitrogens with zero attached hydrogens (tertiary/aromatic N) is 2. The van der Waals surface area contributed by atoms with Gasteiger partial charge >= 0.3 is 110 Å². The Labute approximate surface area is 110 Å². The van der Waals surface area contributed by atoms with Crippen LogP contribution in [0.25, 0.3) is 0 Å². The van der Waals surface area contributed by atoms with Crippen LogP contribution in [0, 0.1) is 0 Å². The van der Waals surface area contributed by atoms with Gasteiger partial charge in [0.05, 0.1) is 0 Å². The van der Waals surface area contributed by atoms with Gasteiger partial charge in [-0.1, -0.05) is 0 Å². The molecular formula is C13H21N2OSe+. The summed E-state index contributed by atoms with van der Waals surface area (Å²) in [6.45, 7) is 0. The van der Waals surface area contributed by atoms with Gasteiger partial charge in [0.15, 0.2) is 0 Å². The van der Waals surface area contributed by atoms with Gasteiger partial charge in [-0.15, -0.1) is 0 Å². The van der Waals surface area contributed by atoms with E-state index < -0.39 is 0 Å². The van der Waals surface area contributed by atoms with Crippen molar-refractivity contribution in [3.05, 3.63) is 29.8 Å². The van der Waals surface area contributed by atoms with E-state index in [1.165, 1.54) is 10.3 Å². The molecule has 1 aromatic rings. The summed E-state index contributed by atoms with van der Waals surface area (Å²) in [5.74, 6) is 0.922. The number of amidine groups is 1. The van der Waals surface area contributed by atoms with Gasteiger partial charge in [-0.05, 0) is 0 Å². The topological polar surface area (TPSA) is 15.5 Å². The van der Waals surface area contributed by atoms with Gasteiger partial charge in [0.1, 0.15) is 0 Å². The molecule has 0 saturated carbocycles. The Kier molecular flexibility index (Phi) is 5.52. The summed E-state index contributed by atoms with van der Waals surface area (Å²) in [7, 11) is 10.1. The summed E-state index contributed by atoms with van der Waals surface area (Å²) in [6, 6.07) is 8.33. The van der Waals surface area contributed by atoms with Crippen LogP contribution < -0.4 is 4.74 Å². The Balaban J connectivity index is 2.63. The van der Waals surface area contributed by atoms with Crippen LogP contribution in [0.4, 0.5) is 0 Å². The van der Waals surface area contributed by atoms with Gasteiger partial charge in [0.25, 0.3) is 0 Å². The fourth-order valence-corrected chi connectivity index (χ4v) is 3.64. The van der Waals surface area contributed by atoms with Gasteiger partial charge < -0.3 is 0 Å².